The Kier molecular flexibility index (Phi) is 6.09. The lowest BCUT2D eigenvalue weighted by molar-refractivity contribution is 0.481. The summed E-state index contributed by atoms with van der Waals surface area (Å²) in [6.07, 6.45) is 1.13. The zero-order valence-electron chi connectivity index (χ0n) is 12.2. The number of halogens is 2. The van der Waals surface area contributed by atoms with Gasteiger partial charge >= 0.3 is 0 Å². The first kappa shape index (κ1) is 16.3. The normalized spacial score (nSPS) is 10.7. The van der Waals surface area contributed by atoms with E-state index in [-0.39, 0.29) is 0 Å². The molecule has 0 aromatic heterocycles. The van der Waals surface area contributed by atoms with E-state index in [0.717, 1.165) is 46.1 Å². The number of hydrogen-bond donors (Lipinski definition) is 1. The summed E-state index contributed by atoms with van der Waals surface area (Å²) in [5, 5.41) is 4.14. The summed E-state index contributed by atoms with van der Waals surface area (Å²) in [7, 11) is 0. The minimum atomic E-state index is 0.751. The van der Waals surface area contributed by atoms with Gasteiger partial charge in [0.15, 0.2) is 0 Å². The second-order valence-electron chi connectivity index (χ2n) is 4.94. The first-order valence-electron chi connectivity index (χ1n) is 7.03. The quantitative estimate of drug-likeness (QED) is 0.660. The number of hydrogen-bond acceptors (Lipinski definition) is 2. The summed E-state index contributed by atoms with van der Waals surface area (Å²) in [6.45, 7) is 6.00. The largest absolute Gasteiger partial charge is 0.457 e. The molecule has 0 spiro atoms. The van der Waals surface area contributed by atoms with Gasteiger partial charge in [0.05, 0.1) is 0 Å². The number of rotatable bonds is 6. The first-order chi connectivity index (χ1) is 10.1. The van der Waals surface area contributed by atoms with Gasteiger partial charge < -0.3 is 10.1 Å². The molecule has 0 aliphatic heterocycles. The Hall–Kier alpha value is -1.03. The molecule has 0 saturated carbocycles. The molecule has 0 bridgehead atoms. The predicted octanol–water partition coefficient (Wildman–Crippen LogP) is 5.70. The molecule has 2 aromatic rings. The Morgan fingerprint density at radius 3 is 2.52 bits per heavy atom. The van der Waals surface area contributed by atoms with Crippen molar-refractivity contribution in [3.63, 3.8) is 0 Å². The van der Waals surface area contributed by atoms with Crippen LogP contribution in [0.2, 0.25) is 5.02 Å². The lowest BCUT2D eigenvalue weighted by Crippen LogP contribution is -2.14. The van der Waals surface area contributed by atoms with E-state index in [2.05, 4.69) is 34.2 Å². The highest BCUT2D eigenvalue weighted by molar-refractivity contribution is 9.10. The molecule has 0 radical (unpaired) electrons. The third-order valence-corrected chi connectivity index (χ3v) is 4.29. The van der Waals surface area contributed by atoms with Crippen molar-refractivity contribution in [3.8, 4) is 11.5 Å². The van der Waals surface area contributed by atoms with Gasteiger partial charge in [0, 0.05) is 16.0 Å². The maximum atomic E-state index is 6.02. The van der Waals surface area contributed by atoms with Crippen molar-refractivity contribution in [3.05, 3.63) is 57.0 Å². The Morgan fingerprint density at radius 2 is 1.86 bits per heavy atom. The van der Waals surface area contributed by atoms with Crippen LogP contribution in [0.5, 0.6) is 11.5 Å². The summed E-state index contributed by atoms with van der Waals surface area (Å²) in [5.41, 5.74) is 2.23. The van der Waals surface area contributed by atoms with Crippen LogP contribution in [0.25, 0.3) is 0 Å². The summed E-state index contributed by atoms with van der Waals surface area (Å²) >= 11 is 9.62. The van der Waals surface area contributed by atoms with Crippen LogP contribution >= 0.6 is 27.5 Å². The van der Waals surface area contributed by atoms with Gasteiger partial charge in [0.25, 0.3) is 0 Å². The molecule has 2 rings (SSSR count). The zero-order chi connectivity index (χ0) is 15.2. The first-order valence-corrected chi connectivity index (χ1v) is 8.20. The molecule has 0 amide bonds. The van der Waals surface area contributed by atoms with Crippen LogP contribution in [0.1, 0.15) is 24.5 Å². The van der Waals surface area contributed by atoms with Crippen LogP contribution in [0.15, 0.2) is 40.9 Å². The van der Waals surface area contributed by atoms with Crippen molar-refractivity contribution in [2.24, 2.45) is 0 Å². The molecule has 4 heteroatoms. The van der Waals surface area contributed by atoms with Crippen LogP contribution in [-0.2, 0) is 6.54 Å². The lowest BCUT2D eigenvalue weighted by Gasteiger charge is -2.10. The van der Waals surface area contributed by atoms with Gasteiger partial charge in [0.2, 0.25) is 0 Å². The van der Waals surface area contributed by atoms with E-state index in [4.69, 9.17) is 16.3 Å². The summed E-state index contributed by atoms with van der Waals surface area (Å²) in [6, 6.07) is 11.7. The van der Waals surface area contributed by atoms with Gasteiger partial charge in [-0.25, -0.2) is 0 Å². The molecule has 0 heterocycles. The van der Waals surface area contributed by atoms with Crippen molar-refractivity contribution in [1.82, 2.24) is 5.32 Å². The fraction of sp³-hybridized carbons (Fsp3) is 0.294. The van der Waals surface area contributed by atoms with Crippen LogP contribution < -0.4 is 10.1 Å². The summed E-state index contributed by atoms with van der Waals surface area (Å²) in [4.78, 5) is 0. The SMILES string of the molecule is CCCNCc1ccc(Oc2ccc(Cl)c(C)c2)cc1Br. The molecule has 112 valence electrons. The highest BCUT2D eigenvalue weighted by Crippen LogP contribution is 2.29. The number of nitrogens with one attached hydrogen (secondary N) is 1. The molecule has 0 fully saturated rings. The van der Waals surface area contributed by atoms with E-state index in [1.54, 1.807) is 0 Å². The van der Waals surface area contributed by atoms with Crippen molar-refractivity contribution in [1.29, 1.82) is 0 Å². The van der Waals surface area contributed by atoms with E-state index in [1.165, 1.54) is 5.56 Å². The summed E-state index contributed by atoms with van der Waals surface area (Å²) < 4.78 is 6.92. The van der Waals surface area contributed by atoms with Crippen LogP contribution in [0.3, 0.4) is 0 Å². The number of benzene rings is 2. The average molecular weight is 369 g/mol. The molecule has 0 aliphatic carbocycles. The average Bonchev–Trinajstić information content (AvgIpc) is 2.45. The van der Waals surface area contributed by atoms with E-state index in [0.29, 0.717) is 0 Å². The van der Waals surface area contributed by atoms with E-state index < -0.39 is 0 Å². The fourth-order valence-electron chi connectivity index (χ4n) is 1.95. The van der Waals surface area contributed by atoms with Gasteiger partial charge in [-0.15, -0.1) is 0 Å². The topological polar surface area (TPSA) is 21.3 Å². The Bertz CT molecular complexity index is 616. The molecule has 0 aliphatic rings. The standard InChI is InChI=1S/C17H19BrClNO/c1-3-8-20-11-13-4-5-15(10-16(13)18)21-14-6-7-17(19)12(2)9-14/h4-7,9-10,20H,3,8,11H2,1-2H3. The Labute approximate surface area is 139 Å². The third-order valence-electron chi connectivity index (χ3n) is 3.13. The van der Waals surface area contributed by atoms with Gasteiger partial charge in [-0.1, -0.05) is 40.5 Å². The lowest BCUT2D eigenvalue weighted by atomic mass is 10.2. The minimum Gasteiger partial charge on any atom is -0.457 e. The molecule has 2 nitrogen and oxygen atoms in total. The maximum Gasteiger partial charge on any atom is 0.128 e. The van der Waals surface area contributed by atoms with Gasteiger partial charge in [0.1, 0.15) is 11.5 Å². The predicted molar refractivity (Wildman–Crippen MR) is 92.4 cm³/mol. The number of aryl methyl sites for hydroxylation is 1. The minimum absolute atomic E-state index is 0.751. The highest BCUT2D eigenvalue weighted by atomic mass is 79.9. The molecule has 0 unspecified atom stereocenters. The van der Waals surface area contributed by atoms with Crippen molar-refractivity contribution < 1.29 is 4.74 Å². The molecule has 0 saturated heterocycles. The monoisotopic (exact) mass is 367 g/mol. The van der Waals surface area contributed by atoms with Gasteiger partial charge in [-0.2, -0.15) is 0 Å². The highest BCUT2D eigenvalue weighted by Gasteiger charge is 2.04. The number of ether oxygens (including phenoxy) is 1. The van der Waals surface area contributed by atoms with Gasteiger partial charge in [-0.3, -0.25) is 0 Å². The molecule has 0 atom stereocenters. The second-order valence-corrected chi connectivity index (χ2v) is 6.20. The maximum absolute atomic E-state index is 6.02. The molecule has 21 heavy (non-hydrogen) atoms. The second kappa shape index (κ2) is 7.83. The molecule has 1 N–H and O–H groups in total. The van der Waals surface area contributed by atoms with Gasteiger partial charge in [-0.05, 0) is 61.3 Å². The van der Waals surface area contributed by atoms with Crippen molar-refractivity contribution >= 4 is 27.5 Å². The fourth-order valence-corrected chi connectivity index (χ4v) is 2.57. The van der Waals surface area contributed by atoms with Crippen molar-refractivity contribution in [2.45, 2.75) is 26.8 Å². The Balaban J connectivity index is 2.07. The molecule has 2 aromatic carbocycles. The van der Waals surface area contributed by atoms with E-state index >= 15 is 0 Å². The van der Waals surface area contributed by atoms with E-state index in [1.807, 2.05) is 37.3 Å². The van der Waals surface area contributed by atoms with E-state index in [9.17, 15) is 0 Å². The Morgan fingerprint density at radius 1 is 1.14 bits per heavy atom. The van der Waals surface area contributed by atoms with Crippen LogP contribution in [0.4, 0.5) is 0 Å². The smallest absolute Gasteiger partial charge is 0.128 e. The van der Waals surface area contributed by atoms with Crippen LogP contribution in [-0.4, -0.2) is 6.54 Å². The van der Waals surface area contributed by atoms with Crippen molar-refractivity contribution in [2.75, 3.05) is 6.54 Å². The van der Waals surface area contributed by atoms with Crippen LogP contribution in [0, 0.1) is 6.92 Å². The summed E-state index contributed by atoms with van der Waals surface area (Å²) in [5.74, 6) is 1.60. The molecular formula is C17H19BrClNO. The zero-order valence-corrected chi connectivity index (χ0v) is 14.6. The third kappa shape index (κ3) is 4.73. The molecular weight excluding hydrogens is 350 g/mol.